The Kier molecular flexibility index (Phi) is 10.6. The average molecular weight is 572 g/mol. The van der Waals surface area contributed by atoms with Crippen LogP contribution in [0.2, 0.25) is 0 Å². The molecule has 0 fully saturated rings. The van der Waals surface area contributed by atoms with Gasteiger partial charge < -0.3 is 19.1 Å². The number of hydrogen-bond donors (Lipinski definition) is 0. The van der Waals surface area contributed by atoms with E-state index in [0.717, 1.165) is 28.1 Å². The number of amides is 2. The fourth-order valence-electron chi connectivity index (χ4n) is 4.81. The summed E-state index contributed by atoms with van der Waals surface area (Å²) >= 11 is 6.63. The number of benzene rings is 3. The first-order valence-electron chi connectivity index (χ1n) is 13.9. The highest BCUT2D eigenvalue weighted by Crippen LogP contribution is 2.24. The molecule has 0 aliphatic heterocycles. The predicted octanol–water partition coefficient (Wildman–Crippen LogP) is 6.54. The third kappa shape index (κ3) is 8.48. The summed E-state index contributed by atoms with van der Waals surface area (Å²) in [5.74, 6) is 0.587. The van der Waals surface area contributed by atoms with Gasteiger partial charge in [0.25, 0.3) is 0 Å². The monoisotopic (exact) mass is 571 g/mol. The molecule has 7 heteroatoms. The quantitative estimate of drug-likeness (QED) is 0.171. The highest BCUT2D eigenvalue weighted by atomic mass is 35.5. The van der Waals surface area contributed by atoms with Crippen LogP contribution in [-0.2, 0) is 29.2 Å². The molecular formula is C34H38ClN3O3. The maximum atomic E-state index is 13.9. The number of hydrogen-bond acceptors (Lipinski definition) is 3. The Bertz CT molecular complexity index is 1410. The van der Waals surface area contributed by atoms with Crippen LogP contribution >= 0.6 is 11.6 Å². The number of carbonyl (C=O) groups is 2. The molecule has 0 saturated heterocycles. The molecule has 4 rings (SSSR count). The molecule has 0 aliphatic carbocycles. The number of aromatic nitrogens is 1. The smallest absolute Gasteiger partial charge is 0.245 e. The fraction of sp³-hybridized carbons (Fsp3) is 0.294. The first-order valence-corrected chi connectivity index (χ1v) is 14.3. The Morgan fingerprint density at radius 3 is 2.20 bits per heavy atom. The molecule has 41 heavy (non-hydrogen) atoms. The lowest BCUT2D eigenvalue weighted by Crippen LogP contribution is -2.45. The molecule has 0 spiro atoms. The lowest BCUT2D eigenvalue weighted by Gasteiger charge is -2.30. The van der Waals surface area contributed by atoms with Gasteiger partial charge in [0.15, 0.2) is 0 Å². The summed E-state index contributed by atoms with van der Waals surface area (Å²) in [6.45, 7) is 5.93. The van der Waals surface area contributed by atoms with Gasteiger partial charge in [0.05, 0.1) is 20.2 Å². The number of carbonyl (C=O) groups excluding carboxylic acids is 2. The van der Waals surface area contributed by atoms with Gasteiger partial charge in [0, 0.05) is 31.5 Å². The second-order valence-corrected chi connectivity index (χ2v) is 11.0. The molecule has 0 bridgehead atoms. The fourth-order valence-corrected chi connectivity index (χ4v) is 5.09. The number of alkyl halides is 1. The largest absolute Gasteiger partial charge is 0.497 e. The lowest BCUT2D eigenvalue weighted by atomic mass is 10.1. The van der Waals surface area contributed by atoms with Crippen LogP contribution in [0.25, 0.3) is 0 Å². The molecule has 0 aliphatic rings. The Balaban J connectivity index is 1.56. The van der Waals surface area contributed by atoms with Gasteiger partial charge in [-0.05, 0) is 46.9 Å². The molecule has 0 saturated carbocycles. The molecule has 1 unspecified atom stereocenters. The van der Waals surface area contributed by atoms with Crippen LogP contribution < -0.4 is 4.74 Å². The van der Waals surface area contributed by atoms with Gasteiger partial charge in [0.2, 0.25) is 11.8 Å². The zero-order chi connectivity index (χ0) is 29.2. The van der Waals surface area contributed by atoms with Crippen LogP contribution in [0.1, 0.15) is 41.6 Å². The SMILES string of the molecule is COc1cccc(Cn2cccc2CN(Cc2ccccc2)C(=O)CN(CC(C)C)C(=O)C(Cl)c2ccccc2)c1. The summed E-state index contributed by atoms with van der Waals surface area (Å²) in [5.41, 5.74) is 3.84. The Morgan fingerprint density at radius 2 is 1.51 bits per heavy atom. The minimum atomic E-state index is -0.856. The van der Waals surface area contributed by atoms with E-state index in [4.69, 9.17) is 16.3 Å². The van der Waals surface area contributed by atoms with Gasteiger partial charge in [-0.25, -0.2) is 0 Å². The highest BCUT2D eigenvalue weighted by molar-refractivity contribution is 6.30. The van der Waals surface area contributed by atoms with Crippen LogP contribution in [-0.4, -0.2) is 46.4 Å². The summed E-state index contributed by atoms with van der Waals surface area (Å²) in [6, 6.07) is 31.2. The summed E-state index contributed by atoms with van der Waals surface area (Å²) < 4.78 is 7.53. The molecule has 3 aromatic carbocycles. The Hall–Kier alpha value is -4.03. The van der Waals surface area contributed by atoms with E-state index < -0.39 is 5.38 Å². The van der Waals surface area contributed by atoms with Crippen molar-refractivity contribution in [3.05, 3.63) is 126 Å². The third-order valence-electron chi connectivity index (χ3n) is 6.86. The lowest BCUT2D eigenvalue weighted by molar-refractivity contribution is -0.141. The van der Waals surface area contributed by atoms with Crippen molar-refractivity contribution in [2.75, 3.05) is 20.2 Å². The molecule has 6 nitrogen and oxygen atoms in total. The third-order valence-corrected chi connectivity index (χ3v) is 7.30. The molecule has 214 valence electrons. The van der Waals surface area contributed by atoms with Crippen molar-refractivity contribution < 1.29 is 14.3 Å². The summed E-state index contributed by atoms with van der Waals surface area (Å²) in [5, 5.41) is -0.856. The maximum absolute atomic E-state index is 13.9. The minimum Gasteiger partial charge on any atom is -0.497 e. The minimum absolute atomic E-state index is 0.0451. The number of ether oxygens (including phenoxy) is 1. The van der Waals surface area contributed by atoms with Crippen LogP contribution in [0.5, 0.6) is 5.75 Å². The van der Waals surface area contributed by atoms with E-state index in [0.29, 0.717) is 26.2 Å². The van der Waals surface area contributed by atoms with Crippen molar-refractivity contribution in [1.82, 2.24) is 14.4 Å². The van der Waals surface area contributed by atoms with Gasteiger partial charge in [-0.3, -0.25) is 9.59 Å². The first-order chi connectivity index (χ1) is 19.8. The van der Waals surface area contributed by atoms with Gasteiger partial charge >= 0.3 is 0 Å². The van der Waals surface area contributed by atoms with Gasteiger partial charge in [-0.2, -0.15) is 0 Å². The van der Waals surface area contributed by atoms with Gasteiger partial charge in [0.1, 0.15) is 11.1 Å². The van der Waals surface area contributed by atoms with Crippen LogP contribution in [0.4, 0.5) is 0 Å². The van der Waals surface area contributed by atoms with E-state index in [1.807, 2.05) is 116 Å². The second-order valence-electron chi connectivity index (χ2n) is 10.6. The standard InChI is InChI=1S/C34H38ClN3O3/c1-26(2)21-38(34(40)33(35)29-15-8-5-9-16-29)25-32(39)37(22-27-12-6-4-7-13-27)24-30-17-11-19-36(30)23-28-14-10-18-31(20-28)41-3/h4-20,26,33H,21-25H2,1-3H3. The zero-order valence-electron chi connectivity index (χ0n) is 23.9. The zero-order valence-corrected chi connectivity index (χ0v) is 24.7. The molecule has 4 aromatic rings. The molecular weight excluding hydrogens is 534 g/mol. The molecule has 1 atom stereocenters. The van der Waals surface area contributed by atoms with Crippen molar-refractivity contribution >= 4 is 23.4 Å². The van der Waals surface area contributed by atoms with Gasteiger partial charge in [-0.15, -0.1) is 11.6 Å². The van der Waals surface area contributed by atoms with E-state index in [2.05, 4.69) is 10.6 Å². The summed E-state index contributed by atoms with van der Waals surface area (Å²) in [6.07, 6.45) is 2.02. The van der Waals surface area contributed by atoms with Crippen molar-refractivity contribution in [3.8, 4) is 5.75 Å². The topological polar surface area (TPSA) is 54.8 Å². The number of methoxy groups -OCH3 is 1. The van der Waals surface area contributed by atoms with Crippen molar-refractivity contribution in [2.45, 2.75) is 38.9 Å². The van der Waals surface area contributed by atoms with E-state index in [1.54, 1.807) is 12.0 Å². The molecule has 1 aromatic heterocycles. The van der Waals surface area contributed by atoms with E-state index >= 15 is 0 Å². The number of nitrogens with zero attached hydrogens (tertiary/aromatic N) is 3. The number of rotatable bonds is 13. The highest BCUT2D eigenvalue weighted by Gasteiger charge is 2.28. The van der Waals surface area contributed by atoms with Crippen LogP contribution in [0.3, 0.4) is 0 Å². The normalized spacial score (nSPS) is 11.7. The van der Waals surface area contributed by atoms with E-state index in [1.165, 1.54) is 0 Å². The van der Waals surface area contributed by atoms with Crippen molar-refractivity contribution in [3.63, 3.8) is 0 Å². The van der Waals surface area contributed by atoms with E-state index in [-0.39, 0.29) is 24.3 Å². The first kappa shape index (κ1) is 29.9. The van der Waals surface area contributed by atoms with Crippen LogP contribution in [0.15, 0.2) is 103 Å². The molecule has 2 amide bonds. The predicted molar refractivity (Wildman–Crippen MR) is 164 cm³/mol. The van der Waals surface area contributed by atoms with Crippen LogP contribution in [0, 0.1) is 5.92 Å². The summed E-state index contributed by atoms with van der Waals surface area (Å²) in [4.78, 5) is 30.9. The average Bonchev–Trinajstić information content (AvgIpc) is 3.42. The van der Waals surface area contributed by atoms with Gasteiger partial charge in [-0.1, -0.05) is 86.6 Å². The van der Waals surface area contributed by atoms with Crippen molar-refractivity contribution in [2.24, 2.45) is 5.92 Å². The summed E-state index contributed by atoms with van der Waals surface area (Å²) in [7, 11) is 1.66. The molecule has 0 radical (unpaired) electrons. The molecule has 0 N–H and O–H groups in total. The van der Waals surface area contributed by atoms with E-state index in [9.17, 15) is 9.59 Å². The Labute approximate surface area is 248 Å². The second kappa shape index (κ2) is 14.6. The number of halogens is 1. The Morgan fingerprint density at radius 1 is 0.829 bits per heavy atom. The maximum Gasteiger partial charge on any atom is 0.245 e. The molecule has 1 heterocycles. The van der Waals surface area contributed by atoms with Crippen molar-refractivity contribution in [1.29, 1.82) is 0 Å².